The van der Waals surface area contributed by atoms with Crippen LogP contribution in [0.15, 0.2) is 21.0 Å². The van der Waals surface area contributed by atoms with Gasteiger partial charge in [-0.1, -0.05) is 18.5 Å². The zero-order valence-corrected chi connectivity index (χ0v) is 15.5. The Balaban J connectivity index is 2.03. The van der Waals surface area contributed by atoms with Crippen LogP contribution in [0.2, 0.25) is 5.02 Å². The van der Waals surface area contributed by atoms with Gasteiger partial charge < -0.3 is 14.1 Å². The van der Waals surface area contributed by atoms with Crippen LogP contribution >= 0.6 is 27.5 Å². The van der Waals surface area contributed by atoms with Gasteiger partial charge in [0.25, 0.3) is 0 Å². The van der Waals surface area contributed by atoms with Crippen LogP contribution in [0.5, 0.6) is 0 Å². The standard InChI is InChI=1S/C17H19BrClNO3/c1-3-11-6-10(4-5-22-11)20(2)17-12-7-13(18)14(19)8-15(12)23-16(17)9-21/h7-11H,3-6H2,1-2H3. The molecule has 1 aromatic heterocycles. The summed E-state index contributed by atoms with van der Waals surface area (Å²) in [6, 6.07) is 3.98. The van der Waals surface area contributed by atoms with Gasteiger partial charge in [0.1, 0.15) is 5.58 Å². The van der Waals surface area contributed by atoms with E-state index in [2.05, 4.69) is 27.8 Å². The molecule has 0 amide bonds. The molecule has 2 atom stereocenters. The third-order valence-corrected chi connectivity index (χ3v) is 5.73. The fraction of sp³-hybridized carbons (Fsp3) is 0.471. The summed E-state index contributed by atoms with van der Waals surface area (Å²) < 4.78 is 12.3. The maximum atomic E-state index is 11.5. The summed E-state index contributed by atoms with van der Waals surface area (Å²) in [5, 5.41) is 1.46. The molecular formula is C17H19BrClNO3. The molecule has 2 aromatic rings. The molecule has 2 heterocycles. The molecule has 6 heteroatoms. The van der Waals surface area contributed by atoms with Crippen LogP contribution in [-0.4, -0.2) is 32.1 Å². The number of carbonyl (C=O) groups is 1. The van der Waals surface area contributed by atoms with Crippen molar-refractivity contribution in [3.63, 3.8) is 0 Å². The lowest BCUT2D eigenvalue weighted by Crippen LogP contribution is -2.40. The summed E-state index contributed by atoms with van der Waals surface area (Å²) in [6.07, 6.45) is 3.93. The van der Waals surface area contributed by atoms with E-state index in [-0.39, 0.29) is 6.10 Å². The van der Waals surface area contributed by atoms with E-state index >= 15 is 0 Å². The minimum Gasteiger partial charge on any atom is -0.451 e. The molecule has 3 rings (SSSR count). The van der Waals surface area contributed by atoms with Crippen LogP contribution in [0.1, 0.15) is 36.7 Å². The first kappa shape index (κ1) is 16.8. The number of furan rings is 1. The van der Waals surface area contributed by atoms with Crippen LogP contribution in [0, 0.1) is 0 Å². The number of benzene rings is 1. The number of rotatable bonds is 4. The molecule has 0 radical (unpaired) electrons. The average molecular weight is 401 g/mol. The van der Waals surface area contributed by atoms with Gasteiger partial charge in [0.05, 0.1) is 16.8 Å². The lowest BCUT2D eigenvalue weighted by molar-refractivity contribution is 0.00548. The molecule has 1 aliphatic rings. The fourth-order valence-corrected chi connectivity index (χ4v) is 3.72. The Bertz CT molecular complexity index is 730. The van der Waals surface area contributed by atoms with E-state index in [9.17, 15) is 4.79 Å². The number of aldehydes is 1. The zero-order chi connectivity index (χ0) is 16.6. The Morgan fingerprint density at radius 2 is 2.26 bits per heavy atom. The van der Waals surface area contributed by atoms with Gasteiger partial charge in [-0.2, -0.15) is 0 Å². The van der Waals surface area contributed by atoms with Crippen LogP contribution in [0.25, 0.3) is 11.0 Å². The van der Waals surface area contributed by atoms with Crippen molar-refractivity contribution in [2.45, 2.75) is 38.3 Å². The van der Waals surface area contributed by atoms with E-state index in [0.29, 0.717) is 22.4 Å². The summed E-state index contributed by atoms with van der Waals surface area (Å²) >= 11 is 9.58. The van der Waals surface area contributed by atoms with E-state index in [1.165, 1.54) is 0 Å². The van der Waals surface area contributed by atoms with Crippen molar-refractivity contribution in [2.24, 2.45) is 0 Å². The summed E-state index contributed by atoms with van der Waals surface area (Å²) in [5.41, 5.74) is 1.45. The first-order valence-electron chi connectivity index (χ1n) is 7.76. The Kier molecular flexibility index (Phi) is 4.99. The number of anilines is 1. The van der Waals surface area contributed by atoms with Crippen LogP contribution in [0.3, 0.4) is 0 Å². The third-order valence-electron chi connectivity index (χ3n) is 4.53. The van der Waals surface area contributed by atoms with Gasteiger partial charge in [-0.15, -0.1) is 0 Å². The summed E-state index contributed by atoms with van der Waals surface area (Å²) in [5.74, 6) is 0.344. The number of hydrogen-bond acceptors (Lipinski definition) is 4. The van der Waals surface area contributed by atoms with Crippen LogP contribution in [0.4, 0.5) is 5.69 Å². The SMILES string of the molecule is CCC1CC(N(C)c2c(C=O)oc3cc(Cl)c(Br)cc23)CCO1. The van der Waals surface area contributed by atoms with Crippen molar-refractivity contribution in [1.82, 2.24) is 0 Å². The molecule has 0 saturated carbocycles. The second-order valence-electron chi connectivity index (χ2n) is 5.89. The number of halogens is 2. The summed E-state index contributed by atoms with van der Waals surface area (Å²) in [6.45, 7) is 2.88. The average Bonchev–Trinajstić information content (AvgIpc) is 2.92. The second-order valence-corrected chi connectivity index (χ2v) is 7.15. The molecule has 23 heavy (non-hydrogen) atoms. The van der Waals surface area contributed by atoms with E-state index in [0.717, 1.165) is 47.7 Å². The van der Waals surface area contributed by atoms with Crippen molar-refractivity contribution >= 4 is 50.5 Å². The molecule has 0 spiro atoms. The summed E-state index contributed by atoms with van der Waals surface area (Å²) in [4.78, 5) is 13.6. The highest BCUT2D eigenvalue weighted by atomic mass is 79.9. The number of ether oxygens (including phenoxy) is 1. The molecule has 1 aliphatic heterocycles. The number of fused-ring (bicyclic) bond motifs is 1. The van der Waals surface area contributed by atoms with E-state index in [1.54, 1.807) is 6.07 Å². The lowest BCUT2D eigenvalue weighted by atomic mass is 9.99. The predicted molar refractivity (Wildman–Crippen MR) is 95.8 cm³/mol. The molecule has 1 fully saturated rings. The Labute approximate surface area is 148 Å². The van der Waals surface area contributed by atoms with E-state index < -0.39 is 0 Å². The van der Waals surface area contributed by atoms with Gasteiger partial charge in [-0.3, -0.25) is 4.79 Å². The Morgan fingerprint density at radius 1 is 1.48 bits per heavy atom. The van der Waals surface area contributed by atoms with Gasteiger partial charge in [-0.25, -0.2) is 0 Å². The van der Waals surface area contributed by atoms with Crippen LogP contribution in [-0.2, 0) is 4.74 Å². The number of nitrogens with zero attached hydrogens (tertiary/aromatic N) is 1. The Hall–Kier alpha value is -1.04. The minimum absolute atomic E-state index is 0.273. The van der Waals surface area contributed by atoms with Crippen LogP contribution < -0.4 is 4.90 Å². The molecule has 1 aromatic carbocycles. The van der Waals surface area contributed by atoms with Crippen molar-refractivity contribution in [3.05, 3.63) is 27.4 Å². The maximum Gasteiger partial charge on any atom is 0.191 e. The van der Waals surface area contributed by atoms with Gasteiger partial charge in [0.2, 0.25) is 0 Å². The third kappa shape index (κ3) is 3.14. The highest BCUT2D eigenvalue weighted by Gasteiger charge is 2.28. The zero-order valence-electron chi connectivity index (χ0n) is 13.1. The smallest absolute Gasteiger partial charge is 0.191 e. The molecule has 124 valence electrons. The lowest BCUT2D eigenvalue weighted by Gasteiger charge is -2.36. The van der Waals surface area contributed by atoms with E-state index in [1.807, 2.05) is 13.1 Å². The van der Waals surface area contributed by atoms with Crippen molar-refractivity contribution in [3.8, 4) is 0 Å². The minimum atomic E-state index is 0.273. The van der Waals surface area contributed by atoms with Crippen molar-refractivity contribution in [2.75, 3.05) is 18.6 Å². The van der Waals surface area contributed by atoms with Crippen molar-refractivity contribution < 1.29 is 13.9 Å². The highest BCUT2D eigenvalue weighted by Crippen LogP contribution is 2.39. The maximum absolute atomic E-state index is 11.5. The first-order chi connectivity index (χ1) is 11.0. The van der Waals surface area contributed by atoms with Gasteiger partial charge >= 0.3 is 0 Å². The largest absolute Gasteiger partial charge is 0.451 e. The normalized spacial score (nSPS) is 21.6. The molecule has 0 N–H and O–H groups in total. The topological polar surface area (TPSA) is 42.7 Å². The predicted octanol–water partition coefficient (Wildman–Crippen LogP) is 5.06. The number of carbonyl (C=O) groups excluding carboxylic acids is 1. The highest BCUT2D eigenvalue weighted by molar-refractivity contribution is 9.10. The molecule has 4 nitrogen and oxygen atoms in total. The fourth-order valence-electron chi connectivity index (χ4n) is 3.22. The van der Waals surface area contributed by atoms with Gasteiger partial charge in [0.15, 0.2) is 12.0 Å². The summed E-state index contributed by atoms with van der Waals surface area (Å²) in [7, 11) is 2.02. The Morgan fingerprint density at radius 3 is 2.96 bits per heavy atom. The molecule has 2 unspecified atom stereocenters. The first-order valence-corrected chi connectivity index (χ1v) is 8.93. The van der Waals surface area contributed by atoms with Crippen molar-refractivity contribution in [1.29, 1.82) is 0 Å². The van der Waals surface area contributed by atoms with Gasteiger partial charge in [-0.05, 0) is 41.3 Å². The quantitative estimate of drug-likeness (QED) is 0.673. The van der Waals surface area contributed by atoms with E-state index in [4.69, 9.17) is 20.8 Å². The molecule has 0 bridgehead atoms. The monoisotopic (exact) mass is 399 g/mol. The second kappa shape index (κ2) is 6.83. The molecular weight excluding hydrogens is 382 g/mol. The molecule has 0 aliphatic carbocycles. The number of hydrogen-bond donors (Lipinski definition) is 0. The van der Waals surface area contributed by atoms with Gasteiger partial charge in [0, 0.05) is 35.6 Å². The molecule has 1 saturated heterocycles.